The summed E-state index contributed by atoms with van der Waals surface area (Å²) >= 11 is 0. The van der Waals surface area contributed by atoms with Gasteiger partial charge in [0.2, 0.25) is 9.04 Å². The van der Waals surface area contributed by atoms with Gasteiger partial charge in [-0.15, -0.1) is 0 Å². The average molecular weight is 283 g/mol. The first-order valence-electron chi connectivity index (χ1n) is 8.27. The molecule has 0 N–H and O–H groups in total. The first kappa shape index (κ1) is 16.8. The summed E-state index contributed by atoms with van der Waals surface area (Å²) < 4.78 is 6.19. The van der Waals surface area contributed by atoms with Crippen LogP contribution in [0.3, 0.4) is 0 Å². The Kier molecular flexibility index (Phi) is 7.20. The van der Waals surface area contributed by atoms with Gasteiger partial charge in [-0.1, -0.05) is 52.9 Å². The molecule has 1 rings (SSSR count). The maximum atomic E-state index is 6.19. The summed E-state index contributed by atoms with van der Waals surface area (Å²) in [6.45, 7) is 11.7. The second-order valence-electron chi connectivity index (χ2n) is 7.43. The molecule has 19 heavy (non-hydrogen) atoms. The van der Waals surface area contributed by atoms with Crippen molar-refractivity contribution in [3.05, 3.63) is 11.8 Å². The van der Waals surface area contributed by atoms with E-state index in [2.05, 4.69) is 39.9 Å². The second-order valence-corrected chi connectivity index (χ2v) is 9.77. The van der Waals surface area contributed by atoms with E-state index in [-0.39, 0.29) is 0 Å². The molecule has 0 aliphatic heterocycles. The van der Waals surface area contributed by atoms with E-state index < -0.39 is 9.04 Å². The van der Waals surface area contributed by atoms with Gasteiger partial charge in [0.1, 0.15) is 0 Å². The van der Waals surface area contributed by atoms with Crippen LogP contribution in [0.4, 0.5) is 0 Å². The van der Waals surface area contributed by atoms with Crippen molar-refractivity contribution < 1.29 is 4.43 Å². The molecule has 0 heterocycles. The smallest absolute Gasteiger partial charge is 0.229 e. The maximum absolute atomic E-state index is 6.19. The van der Waals surface area contributed by atoms with Crippen LogP contribution < -0.4 is 0 Å². The topological polar surface area (TPSA) is 9.23 Å². The lowest BCUT2D eigenvalue weighted by molar-refractivity contribution is 0.263. The quantitative estimate of drug-likeness (QED) is 0.593. The molecule has 1 atom stereocenters. The third-order valence-corrected chi connectivity index (χ3v) is 4.85. The first-order chi connectivity index (χ1) is 8.89. The molecule has 1 nitrogen and oxygen atoms in total. The molecular formula is C17H34OSi. The van der Waals surface area contributed by atoms with Crippen LogP contribution in [0.15, 0.2) is 11.8 Å². The molecule has 1 unspecified atom stereocenters. The molecular weight excluding hydrogens is 248 g/mol. The Morgan fingerprint density at radius 3 is 2.16 bits per heavy atom. The van der Waals surface area contributed by atoms with Gasteiger partial charge in [0.05, 0.1) is 5.76 Å². The Morgan fingerprint density at radius 2 is 1.58 bits per heavy atom. The Balaban J connectivity index is 2.80. The van der Waals surface area contributed by atoms with Crippen LogP contribution in [-0.4, -0.2) is 9.04 Å². The summed E-state index contributed by atoms with van der Waals surface area (Å²) in [4.78, 5) is 0. The van der Waals surface area contributed by atoms with Gasteiger partial charge in [-0.2, -0.15) is 0 Å². The van der Waals surface area contributed by atoms with Gasteiger partial charge in [-0.05, 0) is 43.3 Å². The van der Waals surface area contributed by atoms with Gasteiger partial charge >= 0.3 is 0 Å². The third-order valence-electron chi connectivity index (χ3n) is 4.07. The molecule has 0 amide bonds. The van der Waals surface area contributed by atoms with Crippen molar-refractivity contribution in [2.45, 2.75) is 85.2 Å². The molecule has 0 aromatic carbocycles. The Bertz CT molecular complexity index is 275. The predicted octanol–water partition coefficient (Wildman–Crippen LogP) is 5.67. The Hall–Kier alpha value is -0.243. The minimum atomic E-state index is -0.965. The van der Waals surface area contributed by atoms with E-state index in [1.54, 1.807) is 0 Å². The summed E-state index contributed by atoms with van der Waals surface area (Å²) in [5.74, 6) is 1.98. The zero-order valence-corrected chi connectivity index (χ0v) is 15.0. The van der Waals surface area contributed by atoms with Crippen LogP contribution in [0.2, 0.25) is 13.1 Å². The standard InChI is InChI=1S/C17H34OSi/c1-17(2,3)15-12-10-8-6-7-9-11-13-16(14-15)18-19(4)5/h14-15,19H,6-13H2,1-5H3/b16-14+. The number of hydrogen-bond donors (Lipinski definition) is 0. The molecule has 0 radical (unpaired) electrons. The van der Waals surface area contributed by atoms with E-state index in [9.17, 15) is 0 Å². The van der Waals surface area contributed by atoms with Gasteiger partial charge in [-0.25, -0.2) is 0 Å². The van der Waals surface area contributed by atoms with Crippen molar-refractivity contribution in [2.75, 3.05) is 0 Å². The Labute approximate surface area is 122 Å². The van der Waals surface area contributed by atoms with E-state index in [1.165, 1.54) is 50.7 Å². The molecule has 2 heteroatoms. The van der Waals surface area contributed by atoms with E-state index in [1.807, 2.05) is 0 Å². The molecule has 0 fully saturated rings. The minimum absolute atomic E-state index is 0.362. The van der Waals surface area contributed by atoms with Gasteiger partial charge in [0.15, 0.2) is 0 Å². The zero-order chi connectivity index (χ0) is 14.3. The lowest BCUT2D eigenvalue weighted by atomic mass is 9.77. The molecule has 0 bridgehead atoms. The first-order valence-corrected chi connectivity index (χ1v) is 11.0. The van der Waals surface area contributed by atoms with Gasteiger partial charge in [0, 0.05) is 6.42 Å². The summed E-state index contributed by atoms with van der Waals surface area (Å²) in [5.41, 5.74) is 0.362. The summed E-state index contributed by atoms with van der Waals surface area (Å²) in [6, 6.07) is 0. The highest BCUT2D eigenvalue weighted by molar-refractivity contribution is 6.48. The Morgan fingerprint density at radius 1 is 1.00 bits per heavy atom. The van der Waals surface area contributed by atoms with E-state index in [4.69, 9.17) is 4.43 Å². The fraction of sp³-hybridized carbons (Fsp3) is 0.882. The van der Waals surface area contributed by atoms with Crippen molar-refractivity contribution in [1.29, 1.82) is 0 Å². The molecule has 0 spiro atoms. The van der Waals surface area contributed by atoms with Crippen molar-refractivity contribution in [2.24, 2.45) is 11.3 Å². The largest absolute Gasteiger partial charge is 0.550 e. The maximum Gasteiger partial charge on any atom is 0.229 e. The SMILES string of the molecule is C[SiH](C)O/C1=C/C(C(C)(C)C)CCCCCCCC1. The van der Waals surface area contributed by atoms with Crippen molar-refractivity contribution >= 4 is 9.04 Å². The molecule has 0 aromatic rings. The van der Waals surface area contributed by atoms with Gasteiger partial charge in [-0.3, -0.25) is 0 Å². The summed E-state index contributed by atoms with van der Waals surface area (Å²) in [6.07, 6.45) is 13.3. The molecule has 0 saturated carbocycles. The lowest BCUT2D eigenvalue weighted by Gasteiger charge is -2.29. The average Bonchev–Trinajstić information content (AvgIpc) is 2.32. The highest BCUT2D eigenvalue weighted by Crippen LogP contribution is 2.34. The lowest BCUT2D eigenvalue weighted by Crippen LogP contribution is -2.20. The monoisotopic (exact) mass is 282 g/mol. The number of allylic oxidation sites excluding steroid dienone is 2. The van der Waals surface area contributed by atoms with E-state index in [0.29, 0.717) is 11.3 Å². The van der Waals surface area contributed by atoms with E-state index in [0.717, 1.165) is 6.42 Å². The fourth-order valence-corrected chi connectivity index (χ4v) is 3.65. The van der Waals surface area contributed by atoms with Crippen LogP contribution in [-0.2, 0) is 4.43 Å². The third kappa shape index (κ3) is 7.19. The highest BCUT2D eigenvalue weighted by atomic mass is 28.3. The van der Waals surface area contributed by atoms with Gasteiger partial charge in [0.25, 0.3) is 0 Å². The second kappa shape index (κ2) is 8.14. The molecule has 1 aliphatic rings. The van der Waals surface area contributed by atoms with Crippen LogP contribution >= 0.6 is 0 Å². The van der Waals surface area contributed by atoms with Gasteiger partial charge < -0.3 is 4.43 Å². The molecule has 0 saturated heterocycles. The number of rotatable bonds is 2. The summed E-state index contributed by atoms with van der Waals surface area (Å²) in [5, 5.41) is 0. The van der Waals surface area contributed by atoms with Crippen LogP contribution in [0.1, 0.15) is 72.1 Å². The highest BCUT2D eigenvalue weighted by Gasteiger charge is 2.23. The van der Waals surface area contributed by atoms with Crippen LogP contribution in [0.5, 0.6) is 0 Å². The predicted molar refractivity (Wildman–Crippen MR) is 87.9 cm³/mol. The zero-order valence-electron chi connectivity index (χ0n) is 13.8. The van der Waals surface area contributed by atoms with Crippen LogP contribution in [0.25, 0.3) is 0 Å². The van der Waals surface area contributed by atoms with Crippen molar-refractivity contribution in [3.63, 3.8) is 0 Å². The minimum Gasteiger partial charge on any atom is -0.550 e. The van der Waals surface area contributed by atoms with Crippen molar-refractivity contribution in [3.8, 4) is 0 Å². The molecule has 112 valence electrons. The molecule has 1 aliphatic carbocycles. The fourth-order valence-electron chi connectivity index (χ4n) is 2.85. The van der Waals surface area contributed by atoms with E-state index >= 15 is 0 Å². The van der Waals surface area contributed by atoms with Crippen molar-refractivity contribution in [1.82, 2.24) is 0 Å². The summed E-state index contributed by atoms with van der Waals surface area (Å²) in [7, 11) is -0.965. The normalized spacial score (nSPS) is 26.4. The van der Waals surface area contributed by atoms with Crippen LogP contribution in [0, 0.1) is 11.3 Å². The number of hydrogen-bond acceptors (Lipinski definition) is 1. The molecule has 0 aromatic heterocycles.